The Bertz CT molecular complexity index is 1760. The molecule has 6 rings (SSSR count). The fourth-order valence-corrected chi connectivity index (χ4v) is 6.51. The van der Waals surface area contributed by atoms with Crippen LogP contribution in [0.3, 0.4) is 0 Å². The molecule has 3 heterocycles. The highest BCUT2D eigenvalue weighted by atomic mass is 32.1. The lowest BCUT2D eigenvalue weighted by Gasteiger charge is -2.24. The summed E-state index contributed by atoms with van der Waals surface area (Å²) in [7, 11) is 3.12. The number of unbranched alkanes of at least 4 members (excludes halogenated alkanes) is 1. The molecule has 43 heavy (non-hydrogen) atoms. The van der Waals surface area contributed by atoms with E-state index in [0.29, 0.717) is 52.1 Å². The van der Waals surface area contributed by atoms with E-state index in [4.69, 9.17) is 23.9 Å². The van der Waals surface area contributed by atoms with Crippen molar-refractivity contribution >= 4 is 44.1 Å². The van der Waals surface area contributed by atoms with Crippen LogP contribution in [0.25, 0.3) is 16.0 Å². The van der Waals surface area contributed by atoms with Gasteiger partial charge in [-0.15, -0.1) is 0 Å². The summed E-state index contributed by atoms with van der Waals surface area (Å²) in [6.07, 6.45) is 2.57. The van der Waals surface area contributed by atoms with Crippen molar-refractivity contribution in [1.82, 2.24) is 4.98 Å². The minimum absolute atomic E-state index is 0.0150. The van der Waals surface area contributed by atoms with Crippen molar-refractivity contribution in [3.8, 4) is 23.0 Å². The first-order valence-corrected chi connectivity index (χ1v) is 15.0. The predicted molar refractivity (Wildman–Crippen MR) is 165 cm³/mol. The lowest BCUT2D eigenvalue weighted by atomic mass is 9.94. The van der Waals surface area contributed by atoms with Gasteiger partial charge in [0.05, 0.1) is 42.7 Å². The first kappa shape index (κ1) is 28.5. The first-order chi connectivity index (χ1) is 20.8. The number of hydrogen-bond donors (Lipinski definition) is 1. The molecule has 0 spiro atoms. The summed E-state index contributed by atoms with van der Waals surface area (Å²) in [4.78, 5) is 33.6. The van der Waals surface area contributed by atoms with Crippen LogP contribution in [-0.2, 0) is 16.0 Å². The molecular formula is C33H32N2O7S. The van der Waals surface area contributed by atoms with Crippen molar-refractivity contribution in [2.45, 2.75) is 45.3 Å². The number of ether oxygens (including phenoxy) is 4. The average molecular weight is 601 g/mol. The monoisotopic (exact) mass is 600 g/mol. The third-order valence-electron chi connectivity index (χ3n) is 7.66. The van der Waals surface area contributed by atoms with Gasteiger partial charge in [0.2, 0.25) is 0 Å². The zero-order valence-electron chi connectivity index (χ0n) is 24.4. The lowest BCUT2D eigenvalue weighted by molar-refractivity contribution is -0.132. The molecule has 0 bridgehead atoms. The number of thiazole rings is 1. The number of anilines is 1. The van der Waals surface area contributed by atoms with Gasteiger partial charge in [-0.05, 0) is 73.0 Å². The van der Waals surface area contributed by atoms with E-state index >= 15 is 0 Å². The van der Waals surface area contributed by atoms with Crippen LogP contribution < -0.4 is 23.8 Å². The van der Waals surface area contributed by atoms with E-state index in [0.717, 1.165) is 28.9 Å². The number of methoxy groups -OCH3 is 2. The maximum Gasteiger partial charge on any atom is 0.301 e. The quantitative estimate of drug-likeness (QED) is 0.101. The van der Waals surface area contributed by atoms with Gasteiger partial charge in [-0.1, -0.05) is 30.7 Å². The molecule has 1 saturated heterocycles. The summed E-state index contributed by atoms with van der Waals surface area (Å²) in [6.45, 7) is 4.58. The zero-order valence-corrected chi connectivity index (χ0v) is 25.2. The van der Waals surface area contributed by atoms with E-state index in [9.17, 15) is 14.7 Å². The highest BCUT2D eigenvalue weighted by Crippen LogP contribution is 2.46. The molecule has 0 aliphatic carbocycles. The molecule has 3 aromatic carbocycles. The number of rotatable bonds is 9. The van der Waals surface area contributed by atoms with Crippen LogP contribution in [-0.4, -0.2) is 48.7 Å². The third kappa shape index (κ3) is 5.16. The van der Waals surface area contributed by atoms with E-state index < -0.39 is 17.7 Å². The van der Waals surface area contributed by atoms with Crippen LogP contribution in [0.1, 0.15) is 49.4 Å². The SMILES string of the molecule is CCCCOc1ccc(C2C(=C(O)c3ccc4c(c3)CC(C)O4)C(=O)C(=O)N2c2nc3ccc(OC)cc3s2)cc1OC. The molecule has 1 N–H and O–H groups in total. The maximum absolute atomic E-state index is 13.8. The van der Waals surface area contributed by atoms with Crippen molar-refractivity contribution < 1.29 is 33.6 Å². The van der Waals surface area contributed by atoms with E-state index in [-0.39, 0.29) is 17.4 Å². The molecule has 222 valence electrons. The number of amides is 1. The number of benzene rings is 3. The van der Waals surface area contributed by atoms with E-state index in [2.05, 4.69) is 6.92 Å². The van der Waals surface area contributed by atoms with Crippen molar-refractivity contribution in [3.63, 3.8) is 0 Å². The van der Waals surface area contributed by atoms with Crippen LogP contribution in [0, 0.1) is 0 Å². The number of nitrogens with zero attached hydrogens (tertiary/aromatic N) is 2. The molecule has 0 saturated carbocycles. The summed E-state index contributed by atoms with van der Waals surface area (Å²) >= 11 is 1.27. The Morgan fingerprint density at radius 3 is 2.67 bits per heavy atom. The van der Waals surface area contributed by atoms with E-state index in [1.165, 1.54) is 23.3 Å². The lowest BCUT2D eigenvalue weighted by Crippen LogP contribution is -2.29. The van der Waals surface area contributed by atoms with Crippen molar-refractivity contribution in [2.75, 3.05) is 25.7 Å². The zero-order chi connectivity index (χ0) is 30.2. The molecule has 2 atom stereocenters. The van der Waals surface area contributed by atoms with Gasteiger partial charge >= 0.3 is 5.91 Å². The smallest absolute Gasteiger partial charge is 0.301 e. The Morgan fingerprint density at radius 1 is 1.07 bits per heavy atom. The van der Waals surface area contributed by atoms with Crippen molar-refractivity contribution in [1.29, 1.82) is 0 Å². The van der Waals surface area contributed by atoms with Crippen LogP contribution >= 0.6 is 11.3 Å². The number of aromatic nitrogens is 1. The Hall–Kier alpha value is -4.57. The first-order valence-electron chi connectivity index (χ1n) is 14.2. The van der Waals surface area contributed by atoms with E-state index in [1.54, 1.807) is 49.6 Å². The number of carbonyl (C=O) groups excluding carboxylic acids is 2. The normalized spacial score (nSPS) is 19.0. The molecule has 1 fully saturated rings. The summed E-state index contributed by atoms with van der Waals surface area (Å²) in [5.74, 6) is 0.560. The molecule has 1 aromatic heterocycles. The van der Waals surface area contributed by atoms with Crippen molar-refractivity contribution in [2.24, 2.45) is 0 Å². The second kappa shape index (κ2) is 11.6. The number of Topliss-reactive ketones (excluding diaryl/α,β-unsaturated/α-hetero) is 1. The maximum atomic E-state index is 13.8. The molecule has 2 aliphatic heterocycles. The number of aliphatic hydroxyl groups is 1. The van der Waals surface area contributed by atoms with Gasteiger partial charge in [-0.3, -0.25) is 14.5 Å². The number of ketones is 1. The van der Waals surface area contributed by atoms with Gasteiger partial charge in [0.1, 0.15) is 23.4 Å². The molecular weight excluding hydrogens is 568 g/mol. The number of hydrogen-bond acceptors (Lipinski definition) is 9. The van der Waals surface area contributed by atoms with Gasteiger partial charge in [0, 0.05) is 12.0 Å². The largest absolute Gasteiger partial charge is 0.507 e. The number of fused-ring (bicyclic) bond motifs is 2. The van der Waals surface area contributed by atoms with Gasteiger partial charge in [-0.25, -0.2) is 4.98 Å². The Kier molecular flexibility index (Phi) is 7.70. The molecule has 9 nitrogen and oxygen atoms in total. The molecule has 1 amide bonds. The minimum Gasteiger partial charge on any atom is -0.507 e. The Balaban J connectivity index is 1.50. The fourth-order valence-electron chi connectivity index (χ4n) is 5.49. The highest BCUT2D eigenvalue weighted by Gasteiger charge is 2.48. The van der Waals surface area contributed by atoms with Crippen LogP contribution in [0.15, 0.2) is 60.2 Å². The van der Waals surface area contributed by atoms with Crippen LogP contribution in [0.2, 0.25) is 0 Å². The summed E-state index contributed by atoms with van der Waals surface area (Å²) in [5, 5.41) is 12.0. The third-order valence-corrected chi connectivity index (χ3v) is 8.68. The summed E-state index contributed by atoms with van der Waals surface area (Å²) < 4.78 is 23.6. The molecule has 0 radical (unpaired) electrons. The standard InChI is InChI=1S/C33H32N2O7S/c1-5-6-13-41-25-12-7-19(16-26(25)40-4)29-28(30(36)20-8-11-24-21(15-20)14-18(2)42-24)31(37)32(38)35(29)33-34-23-10-9-22(39-3)17-27(23)43-33/h7-12,15-18,29,36H,5-6,13-14H2,1-4H3. The topological polar surface area (TPSA) is 107 Å². The predicted octanol–water partition coefficient (Wildman–Crippen LogP) is 6.44. The number of aliphatic hydroxyl groups excluding tert-OH is 1. The van der Waals surface area contributed by atoms with Crippen LogP contribution in [0.5, 0.6) is 23.0 Å². The second-order valence-corrected chi connectivity index (χ2v) is 11.6. The van der Waals surface area contributed by atoms with Gasteiger partial charge in [0.25, 0.3) is 5.78 Å². The van der Waals surface area contributed by atoms with Gasteiger partial charge < -0.3 is 24.1 Å². The van der Waals surface area contributed by atoms with Gasteiger partial charge in [-0.2, -0.15) is 0 Å². The fraction of sp³-hybridized carbons (Fsp3) is 0.303. The minimum atomic E-state index is -0.968. The molecule has 2 aliphatic rings. The summed E-state index contributed by atoms with van der Waals surface area (Å²) in [6, 6.07) is 15.1. The highest BCUT2D eigenvalue weighted by molar-refractivity contribution is 7.22. The molecule has 10 heteroatoms. The molecule has 2 unspecified atom stereocenters. The average Bonchev–Trinajstić information content (AvgIpc) is 3.68. The second-order valence-electron chi connectivity index (χ2n) is 10.6. The summed E-state index contributed by atoms with van der Waals surface area (Å²) in [5.41, 5.74) is 2.55. The molecule has 4 aromatic rings. The van der Waals surface area contributed by atoms with Gasteiger partial charge in [0.15, 0.2) is 16.6 Å². The Labute approximate surface area is 253 Å². The van der Waals surface area contributed by atoms with Crippen LogP contribution in [0.4, 0.5) is 5.13 Å². The van der Waals surface area contributed by atoms with E-state index in [1.807, 2.05) is 19.1 Å². The Morgan fingerprint density at radius 2 is 1.91 bits per heavy atom. The van der Waals surface area contributed by atoms with Crippen molar-refractivity contribution in [3.05, 3.63) is 76.9 Å². The number of carbonyl (C=O) groups is 2.